The van der Waals surface area contributed by atoms with Gasteiger partial charge in [-0.25, -0.2) is 0 Å². The molecular weight excluding hydrogens is 336 g/mol. The molecule has 0 saturated heterocycles. The van der Waals surface area contributed by atoms with E-state index >= 15 is 0 Å². The van der Waals surface area contributed by atoms with Crippen molar-refractivity contribution in [1.29, 1.82) is 0 Å². The summed E-state index contributed by atoms with van der Waals surface area (Å²) in [5.41, 5.74) is 5.34. The third-order valence-corrected chi connectivity index (χ3v) is 6.05. The van der Waals surface area contributed by atoms with Gasteiger partial charge in [0.15, 0.2) is 0 Å². The lowest BCUT2D eigenvalue weighted by atomic mass is 9.63. The van der Waals surface area contributed by atoms with E-state index in [0.29, 0.717) is 0 Å². The van der Waals surface area contributed by atoms with Crippen molar-refractivity contribution in [2.45, 2.75) is 51.4 Å². The van der Waals surface area contributed by atoms with Gasteiger partial charge in [-0.2, -0.15) is 0 Å². The highest BCUT2D eigenvalue weighted by Crippen LogP contribution is 2.48. The van der Waals surface area contributed by atoms with Crippen LogP contribution in [0.15, 0.2) is 39.2 Å². The fourth-order valence-corrected chi connectivity index (χ4v) is 4.27. The Kier molecular flexibility index (Phi) is 2.85. The van der Waals surface area contributed by atoms with Gasteiger partial charge in [0.25, 0.3) is 0 Å². The molecular formula is C20H21BrO. The summed E-state index contributed by atoms with van der Waals surface area (Å²) in [7, 11) is 0. The summed E-state index contributed by atoms with van der Waals surface area (Å²) in [5.74, 6) is 0. The Labute approximate surface area is 139 Å². The standard InChI is InChI=1S/C20H21BrO/c1-19(2)8-9-20(3,4)15-11-17-13(10-14(15)19)12-6-5-7-16(21)18(12)22-17/h5-7,10-11H,8-9H2,1-4H3. The maximum Gasteiger partial charge on any atom is 0.149 e. The van der Waals surface area contributed by atoms with Crippen molar-refractivity contribution in [2.75, 3.05) is 0 Å². The number of furan rings is 1. The summed E-state index contributed by atoms with van der Waals surface area (Å²) in [5, 5.41) is 2.44. The number of halogens is 1. The van der Waals surface area contributed by atoms with Crippen LogP contribution in [0.3, 0.4) is 0 Å². The van der Waals surface area contributed by atoms with E-state index in [4.69, 9.17) is 4.42 Å². The molecule has 4 rings (SSSR count). The maximum absolute atomic E-state index is 6.16. The minimum absolute atomic E-state index is 0.218. The first kappa shape index (κ1) is 14.3. The van der Waals surface area contributed by atoms with E-state index in [1.54, 1.807) is 0 Å². The highest BCUT2D eigenvalue weighted by Gasteiger charge is 2.37. The normalized spacial score (nSPS) is 19.5. The molecule has 0 N–H and O–H groups in total. The molecule has 0 unspecified atom stereocenters. The van der Waals surface area contributed by atoms with Gasteiger partial charge in [-0.05, 0) is 68.9 Å². The highest BCUT2D eigenvalue weighted by atomic mass is 79.9. The second-order valence-corrected chi connectivity index (χ2v) is 8.73. The molecule has 0 radical (unpaired) electrons. The van der Waals surface area contributed by atoms with Crippen LogP contribution < -0.4 is 0 Å². The summed E-state index contributed by atoms with van der Waals surface area (Å²) in [6.07, 6.45) is 2.46. The number of hydrogen-bond donors (Lipinski definition) is 0. The molecule has 0 saturated carbocycles. The molecule has 2 aromatic carbocycles. The van der Waals surface area contributed by atoms with E-state index in [-0.39, 0.29) is 10.8 Å². The quantitative estimate of drug-likeness (QED) is 0.436. The van der Waals surface area contributed by atoms with Crippen molar-refractivity contribution >= 4 is 37.9 Å². The van der Waals surface area contributed by atoms with Crippen LogP contribution >= 0.6 is 15.9 Å². The molecule has 2 heteroatoms. The van der Waals surface area contributed by atoms with Gasteiger partial charge in [0, 0.05) is 10.8 Å². The third kappa shape index (κ3) is 1.89. The molecule has 22 heavy (non-hydrogen) atoms. The Bertz CT molecular complexity index is 899. The van der Waals surface area contributed by atoms with Crippen LogP contribution in [0.5, 0.6) is 0 Å². The van der Waals surface area contributed by atoms with Crippen LogP contribution in [0, 0.1) is 0 Å². The van der Waals surface area contributed by atoms with Crippen LogP contribution in [-0.2, 0) is 10.8 Å². The molecule has 1 heterocycles. The van der Waals surface area contributed by atoms with Gasteiger partial charge >= 0.3 is 0 Å². The molecule has 1 aliphatic carbocycles. The second kappa shape index (κ2) is 4.38. The van der Waals surface area contributed by atoms with Gasteiger partial charge in [-0.1, -0.05) is 39.8 Å². The van der Waals surface area contributed by atoms with E-state index < -0.39 is 0 Å². The lowest BCUT2D eigenvalue weighted by Crippen LogP contribution is -2.33. The number of benzene rings is 2. The van der Waals surface area contributed by atoms with Gasteiger partial charge in [0.1, 0.15) is 11.2 Å². The van der Waals surface area contributed by atoms with Gasteiger partial charge in [0.2, 0.25) is 0 Å². The fraction of sp³-hybridized carbons (Fsp3) is 0.400. The molecule has 0 aliphatic heterocycles. The SMILES string of the molecule is CC1(C)CCC(C)(C)c2cc3c(cc21)oc1c(Br)cccc13. The van der Waals surface area contributed by atoms with Crippen molar-refractivity contribution in [2.24, 2.45) is 0 Å². The van der Waals surface area contributed by atoms with Crippen molar-refractivity contribution in [3.63, 3.8) is 0 Å². The largest absolute Gasteiger partial charge is 0.455 e. The second-order valence-electron chi connectivity index (χ2n) is 7.88. The van der Waals surface area contributed by atoms with Crippen LogP contribution in [-0.4, -0.2) is 0 Å². The first-order valence-corrected chi connectivity index (χ1v) is 8.75. The average Bonchev–Trinajstić information content (AvgIpc) is 2.83. The molecule has 0 bridgehead atoms. The minimum Gasteiger partial charge on any atom is -0.455 e. The van der Waals surface area contributed by atoms with Gasteiger partial charge < -0.3 is 4.42 Å². The van der Waals surface area contributed by atoms with E-state index in [2.05, 4.69) is 67.9 Å². The van der Waals surface area contributed by atoms with Gasteiger partial charge in [-0.3, -0.25) is 0 Å². The van der Waals surface area contributed by atoms with Crippen molar-refractivity contribution < 1.29 is 4.42 Å². The smallest absolute Gasteiger partial charge is 0.149 e. The Morgan fingerprint density at radius 2 is 1.55 bits per heavy atom. The molecule has 0 spiro atoms. The Morgan fingerprint density at radius 1 is 0.909 bits per heavy atom. The first-order valence-electron chi connectivity index (χ1n) is 7.95. The predicted molar refractivity (Wildman–Crippen MR) is 96.7 cm³/mol. The Hall–Kier alpha value is -1.28. The molecule has 0 fully saturated rings. The van der Waals surface area contributed by atoms with Crippen LogP contribution in [0.4, 0.5) is 0 Å². The highest BCUT2D eigenvalue weighted by molar-refractivity contribution is 9.10. The molecule has 1 aliphatic rings. The van der Waals surface area contributed by atoms with E-state index in [1.807, 2.05) is 6.07 Å². The zero-order valence-electron chi connectivity index (χ0n) is 13.6. The van der Waals surface area contributed by atoms with Crippen molar-refractivity contribution in [3.05, 3.63) is 45.9 Å². The van der Waals surface area contributed by atoms with Crippen molar-refractivity contribution in [3.8, 4) is 0 Å². The van der Waals surface area contributed by atoms with Crippen molar-refractivity contribution in [1.82, 2.24) is 0 Å². The lowest BCUT2D eigenvalue weighted by molar-refractivity contribution is 0.332. The Balaban J connectivity index is 2.14. The Morgan fingerprint density at radius 3 is 2.23 bits per heavy atom. The zero-order valence-corrected chi connectivity index (χ0v) is 15.2. The topological polar surface area (TPSA) is 13.1 Å². The van der Waals surface area contributed by atoms with Gasteiger partial charge in [-0.15, -0.1) is 0 Å². The lowest BCUT2D eigenvalue weighted by Gasteiger charge is -2.41. The average molecular weight is 357 g/mol. The molecule has 1 nitrogen and oxygen atoms in total. The molecule has 114 valence electrons. The molecule has 1 aromatic heterocycles. The first-order chi connectivity index (χ1) is 10.3. The van der Waals surface area contributed by atoms with Crippen LogP contribution in [0.2, 0.25) is 0 Å². The molecule has 3 aromatic rings. The number of fused-ring (bicyclic) bond motifs is 4. The summed E-state index contributed by atoms with van der Waals surface area (Å²) in [6.45, 7) is 9.44. The predicted octanol–water partition coefficient (Wildman–Crippen LogP) is 6.70. The van der Waals surface area contributed by atoms with Crippen LogP contribution in [0.1, 0.15) is 51.7 Å². The van der Waals surface area contributed by atoms with E-state index in [0.717, 1.165) is 15.6 Å². The minimum atomic E-state index is 0.218. The molecule has 0 atom stereocenters. The number of para-hydroxylation sites is 1. The maximum atomic E-state index is 6.16. The number of rotatable bonds is 0. The van der Waals surface area contributed by atoms with E-state index in [1.165, 1.54) is 34.7 Å². The summed E-state index contributed by atoms with van der Waals surface area (Å²) in [6, 6.07) is 10.9. The molecule has 0 amide bonds. The fourth-order valence-electron chi connectivity index (χ4n) is 3.82. The zero-order chi connectivity index (χ0) is 15.7. The number of hydrogen-bond acceptors (Lipinski definition) is 1. The van der Waals surface area contributed by atoms with Crippen LogP contribution in [0.25, 0.3) is 21.9 Å². The monoisotopic (exact) mass is 356 g/mol. The summed E-state index contributed by atoms with van der Waals surface area (Å²) >= 11 is 3.61. The van der Waals surface area contributed by atoms with E-state index in [9.17, 15) is 0 Å². The summed E-state index contributed by atoms with van der Waals surface area (Å²) < 4.78 is 7.19. The summed E-state index contributed by atoms with van der Waals surface area (Å²) in [4.78, 5) is 0. The van der Waals surface area contributed by atoms with Gasteiger partial charge in [0.05, 0.1) is 4.47 Å². The third-order valence-electron chi connectivity index (χ3n) is 5.42.